The second kappa shape index (κ2) is 5.87. The number of sulfonamides is 1. The average molecular weight is 299 g/mol. The quantitative estimate of drug-likeness (QED) is 0.805. The van der Waals surface area contributed by atoms with Crippen LogP contribution in [0, 0.1) is 5.41 Å². The average Bonchev–Trinajstić information content (AvgIpc) is 2.79. The Hall–Kier alpha value is -0.850. The van der Waals surface area contributed by atoms with Gasteiger partial charge < -0.3 is 9.88 Å². The molecule has 0 bridgehead atoms. The molecule has 0 atom stereocenters. The summed E-state index contributed by atoms with van der Waals surface area (Å²) in [6.45, 7) is 6.13. The zero-order chi connectivity index (χ0) is 14.8. The molecular weight excluding hydrogens is 274 g/mol. The van der Waals surface area contributed by atoms with Crippen molar-refractivity contribution in [2.24, 2.45) is 5.41 Å². The molecule has 1 saturated carbocycles. The topological polar surface area (TPSA) is 63.1 Å². The van der Waals surface area contributed by atoms with Gasteiger partial charge >= 0.3 is 0 Å². The van der Waals surface area contributed by atoms with Gasteiger partial charge in [0, 0.05) is 31.5 Å². The molecule has 0 radical (unpaired) electrons. The molecular formula is C14H25N3O2S. The van der Waals surface area contributed by atoms with Gasteiger partial charge in [-0.05, 0) is 38.3 Å². The van der Waals surface area contributed by atoms with E-state index in [1.54, 1.807) is 12.3 Å². The highest BCUT2D eigenvalue weighted by Gasteiger charge is 2.33. The number of rotatable bonds is 7. The highest BCUT2D eigenvalue weighted by atomic mass is 32.2. The first kappa shape index (κ1) is 15.5. The van der Waals surface area contributed by atoms with Gasteiger partial charge in [-0.25, -0.2) is 13.1 Å². The molecule has 0 aliphatic heterocycles. The van der Waals surface area contributed by atoms with Gasteiger partial charge in [0.1, 0.15) is 0 Å². The number of nitrogens with one attached hydrogen (secondary N) is 2. The first-order valence-electron chi connectivity index (χ1n) is 7.23. The molecule has 114 valence electrons. The van der Waals surface area contributed by atoms with Crippen molar-refractivity contribution in [2.75, 3.05) is 13.6 Å². The van der Waals surface area contributed by atoms with Crippen molar-refractivity contribution >= 4 is 10.0 Å². The minimum Gasteiger partial charge on any atom is -0.349 e. The molecule has 0 spiro atoms. The van der Waals surface area contributed by atoms with Crippen LogP contribution in [0.5, 0.6) is 0 Å². The van der Waals surface area contributed by atoms with E-state index in [2.05, 4.69) is 17.0 Å². The molecule has 1 aromatic heterocycles. The Morgan fingerprint density at radius 3 is 2.60 bits per heavy atom. The highest BCUT2D eigenvalue weighted by Crippen LogP contribution is 2.39. The Morgan fingerprint density at radius 2 is 2.10 bits per heavy atom. The molecule has 0 saturated heterocycles. The minimum atomic E-state index is -3.40. The fourth-order valence-corrected chi connectivity index (χ4v) is 3.87. The summed E-state index contributed by atoms with van der Waals surface area (Å²) in [4.78, 5) is 0.368. The maximum Gasteiger partial charge on any atom is 0.242 e. The van der Waals surface area contributed by atoms with E-state index in [0.717, 1.165) is 25.1 Å². The fraction of sp³-hybridized carbons (Fsp3) is 0.714. The summed E-state index contributed by atoms with van der Waals surface area (Å²) in [5, 5.41) is 3.06. The second-order valence-electron chi connectivity index (χ2n) is 5.97. The second-order valence-corrected chi connectivity index (χ2v) is 7.74. The third-order valence-electron chi connectivity index (χ3n) is 4.22. The maximum atomic E-state index is 12.4. The van der Waals surface area contributed by atoms with Gasteiger partial charge in [0.15, 0.2) is 0 Å². The van der Waals surface area contributed by atoms with E-state index in [0.29, 0.717) is 18.0 Å². The molecule has 20 heavy (non-hydrogen) atoms. The Morgan fingerprint density at radius 1 is 1.40 bits per heavy atom. The molecule has 5 nitrogen and oxygen atoms in total. The van der Waals surface area contributed by atoms with Gasteiger partial charge in [0.25, 0.3) is 0 Å². The first-order chi connectivity index (χ1) is 9.40. The summed E-state index contributed by atoms with van der Waals surface area (Å²) in [6.07, 6.45) is 5.14. The standard InChI is InChI=1S/C14H25N3O2S/c1-4-17-10-13(8-12(17)9-15-3)20(18,19)16-11-14(2)6-5-7-14/h8,10,15-16H,4-7,9,11H2,1-3H3. The summed E-state index contributed by atoms with van der Waals surface area (Å²) in [5.74, 6) is 0. The zero-order valence-corrected chi connectivity index (χ0v) is 13.4. The van der Waals surface area contributed by atoms with Gasteiger partial charge in [0.05, 0.1) is 4.90 Å². The number of hydrogen-bond acceptors (Lipinski definition) is 3. The zero-order valence-electron chi connectivity index (χ0n) is 12.6. The van der Waals surface area contributed by atoms with Crippen LogP contribution in [-0.4, -0.2) is 26.6 Å². The molecule has 2 N–H and O–H groups in total. The number of aromatic nitrogens is 1. The van der Waals surface area contributed by atoms with E-state index >= 15 is 0 Å². The highest BCUT2D eigenvalue weighted by molar-refractivity contribution is 7.89. The molecule has 2 rings (SSSR count). The lowest BCUT2D eigenvalue weighted by Crippen LogP contribution is -2.39. The molecule has 1 heterocycles. The lowest BCUT2D eigenvalue weighted by atomic mass is 9.71. The Bertz CT molecular complexity index is 559. The molecule has 1 aliphatic rings. The first-order valence-corrected chi connectivity index (χ1v) is 8.72. The summed E-state index contributed by atoms with van der Waals surface area (Å²) < 4.78 is 29.5. The SMILES string of the molecule is CCn1cc(S(=O)(=O)NCC2(C)CCC2)cc1CNC. The summed E-state index contributed by atoms with van der Waals surface area (Å²) in [6, 6.07) is 1.76. The van der Waals surface area contributed by atoms with Crippen LogP contribution in [0.2, 0.25) is 0 Å². The third-order valence-corrected chi connectivity index (χ3v) is 5.59. The predicted molar refractivity (Wildman–Crippen MR) is 80.0 cm³/mol. The van der Waals surface area contributed by atoms with E-state index in [-0.39, 0.29) is 5.41 Å². The van der Waals surface area contributed by atoms with Crippen LogP contribution in [0.3, 0.4) is 0 Å². The van der Waals surface area contributed by atoms with Crippen LogP contribution in [-0.2, 0) is 23.1 Å². The largest absolute Gasteiger partial charge is 0.349 e. The van der Waals surface area contributed by atoms with Crippen molar-refractivity contribution in [1.82, 2.24) is 14.6 Å². The monoisotopic (exact) mass is 299 g/mol. The van der Waals surface area contributed by atoms with Crippen molar-refractivity contribution in [3.8, 4) is 0 Å². The normalized spacial score (nSPS) is 17.9. The molecule has 1 fully saturated rings. The van der Waals surface area contributed by atoms with Crippen molar-refractivity contribution in [1.29, 1.82) is 0 Å². The van der Waals surface area contributed by atoms with Crippen LogP contribution < -0.4 is 10.0 Å². The molecule has 0 unspecified atom stereocenters. The molecule has 1 aliphatic carbocycles. The molecule has 0 amide bonds. The van der Waals surface area contributed by atoms with E-state index in [1.165, 1.54) is 6.42 Å². The van der Waals surface area contributed by atoms with E-state index in [1.807, 2.05) is 18.5 Å². The van der Waals surface area contributed by atoms with Gasteiger partial charge in [-0.3, -0.25) is 0 Å². The Labute approximate surface area is 121 Å². The lowest BCUT2D eigenvalue weighted by molar-refractivity contribution is 0.166. The van der Waals surface area contributed by atoms with Crippen LogP contribution in [0.15, 0.2) is 17.2 Å². The Balaban J connectivity index is 2.12. The van der Waals surface area contributed by atoms with Crippen molar-refractivity contribution in [3.05, 3.63) is 18.0 Å². The minimum absolute atomic E-state index is 0.147. The van der Waals surface area contributed by atoms with Crippen LogP contribution in [0.1, 0.15) is 38.8 Å². The summed E-state index contributed by atoms with van der Waals surface area (Å²) in [5.41, 5.74) is 1.14. The van der Waals surface area contributed by atoms with Gasteiger partial charge in [-0.2, -0.15) is 0 Å². The van der Waals surface area contributed by atoms with Crippen LogP contribution in [0.4, 0.5) is 0 Å². The van der Waals surface area contributed by atoms with Crippen molar-refractivity contribution in [2.45, 2.75) is 51.1 Å². The third kappa shape index (κ3) is 3.24. The van der Waals surface area contributed by atoms with E-state index < -0.39 is 10.0 Å². The fourth-order valence-electron chi connectivity index (χ4n) is 2.61. The van der Waals surface area contributed by atoms with E-state index in [9.17, 15) is 8.42 Å². The number of aryl methyl sites for hydroxylation is 1. The van der Waals surface area contributed by atoms with Crippen LogP contribution >= 0.6 is 0 Å². The number of hydrogen-bond donors (Lipinski definition) is 2. The lowest BCUT2D eigenvalue weighted by Gasteiger charge is -2.38. The van der Waals surface area contributed by atoms with E-state index in [4.69, 9.17) is 0 Å². The molecule has 1 aromatic rings. The smallest absolute Gasteiger partial charge is 0.242 e. The van der Waals surface area contributed by atoms with Gasteiger partial charge in [0.2, 0.25) is 10.0 Å². The van der Waals surface area contributed by atoms with Crippen molar-refractivity contribution in [3.63, 3.8) is 0 Å². The van der Waals surface area contributed by atoms with Gasteiger partial charge in [-0.15, -0.1) is 0 Å². The predicted octanol–water partition coefficient (Wildman–Crippen LogP) is 1.70. The summed E-state index contributed by atoms with van der Waals surface area (Å²) in [7, 11) is -1.54. The van der Waals surface area contributed by atoms with Gasteiger partial charge in [-0.1, -0.05) is 13.3 Å². The summed E-state index contributed by atoms with van der Waals surface area (Å²) >= 11 is 0. The molecule has 6 heteroatoms. The number of nitrogens with zero attached hydrogens (tertiary/aromatic N) is 1. The van der Waals surface area contributed by atoms with Crippen molar-refractivity contribution < 1.29 is 8.42 Å². The molecule has 0 aromatic carbocycles. The van der Waals surface area contributed by atoms with Crippen LogP contribution in [0.25, 0.3) is 0 Å². The maximum absolute atomic E-state index is 12.4. The Kier molecular flexibility index (Phi) is 4.56.